The number of ether oxygens (including phenoxy) is 1. The van der Waals surface area contributed by atoms with Crippen molar-refractivity contribution in [2.24, 2.45) is 0 Å². The predicted octanol–water partition coefficient (Wildman–Crippen LogP) is 3.52. The third-order valence-corrected chi connectivity index (χ3v) is 4.34. The maximum atomic E-state index is 12.0. The van der Waals surface area contributed by atoms with Gasteiger partial charge in [-0.25, -0.2) is 4.98 Å². The monoisotopic (exact) mass is 354 g/mol. The van der Waals surface area contributed by atoms with Crippen molar-refractivity contribution >= 4 is 23.4 Å². The van der Waals surface area contributed by atoms with Crippen LogP contribution in [0.2, 0.25) is 0 Å². The molecule has 0 radical (unpaired) electrons. The average molecular weight is 354 g/mol. The standard InChI is InChI=1S/C18H18N4O2S/c1-12-7-9-13(10-8-12)19-16(23)11-25-18-20-17(21-22-18)14-5-3-4-6-15(14)24-2/h3-10H,11H2,1-2H3,(H,19,23)(H,20,21,22). The molecule has 0 aliphatic heterocycles. The molecule has 2 N–H and O–H groups in total. The minimum Gasteiger partial charge on any atom is -0.496 e. The van der Waals surface area contributed by atoms with E-state index in [2.05, 4.69) is 20.5 Å². The number of aromatic nitrogens is 3. The van der Waals surface area contributed by atoms with Crippen molar-refractivity contribution in [1.29, 1.82) is 0 Å². The molecular formula is C18H18N4O2S. The van der Waals surface area contributed by atoms with Gasteiger partial charge in [-0.1, -0.05) is 41.6 Å². The number of nitrogens with zero attached hydrogens (tertiary/aromatic N) is 2. The van der Waals surface area contributed by atoms with Crippen LogP contribution in [0, 0.1) is 6.92 Å². The molecule has 7 heteroatoms. The predicted molar refractivity (Wildman–Crippen MR) is 98.9 cm³/mol. The van der Waals surface area contributed by atoms with Gasteiger partial charge in [0.25, 0.3) is 0 Å². The summed E-state index contributed by atoms with van der Waals surface area (Å²) in [5.41, 5.74) is 2.76. The topological polar surface area (TPSA) is 79.9 Å². The number of hydrogen-bond donors (Lipinski definition) is 2. The molecule has 0 fully saturated rings. The number of thioether (sulfide) groups is 1. The van der Waals surface area contributed by atoms with Gasteiger partial charge < -0.3 is 10.1 Å². The SMILES string of the molecule is COc1ccccc1-c1nc(SCC(=O)Nc2ccc(C)cc2)n[nH]1. The van der Waals surface area contributed by atoms with Crippen molar-refractivity contribution in [3.8, 4) is 17.1 Å². The smallest absolute Gasteiger partial charge is 0.234 e. The molecule has 0 bridgehead atoms. The normalized spacial score (nSPS) is 10.5. The average Bonchev–Trinajstić information content (AvgIpc) is 3.11. The highest BCUT2D eigenvalue weighted by molar-refractivity contribution is 7.99. The maximum absolute atomic E-state index is 12.0. The molecule has 25 heavy (non-hydrogen) atoms. The number of amides is 1. The van der Waals surface area contributed by atoms with E-state index < -0.39 is 0 Å². The van der Waals surface area contributed by atoms with Crippen LogP contribution in [0.25, 0.3) is 11.4 Å². The molecule has 0 saturated heterocycles. The second-order valence-corrected chi connectivity index (χ2v) is 6.31. The summed E-state index contributed by atoms with van der Waals surface area (Å²) in [5, 5.41) is 10.4. The molecule has 2 aromatic carbocycles. The van der Waals surface area contributed by atoms with Crippen LogP contribution in [-0.2, 0) is 4.79 Å². The van der Waals surface area contributed by atoms with Crippen LogP contribution in [0.3, 0.4) is 0 Å². The number of para-hydroxylation sites is 1. The Morgan fingerprint density at radius 3 is 2.72 bits per heavy atom. The second kappa shape index (κ2) is 7.85. The number of carbonyl (C=O) groups excluding carboxylic acids is 1. The van der Waals surface area contributed by atoms with E-state index in [1.807, 2.05) is 55.5 Å². The molecule has 128 valence electrons. The number of methoxy groups -OCH3 is 1. The summed E-state index contributed by atoms with van der Waals surface area (Å²) in [7, 11) is 1.61. The van der Waals surface area contributed by atoms with Gasteiger partial charge in [0.1, 0.15) is 5.75 Å². The summed E-state index contributed by atoms with van der Waals surface area (Å²) in [5.74, 6) is 1.46. The first-order valence-electron chi connectivity index (χ1n) is 7.71. The number of benzene rings is 2. The highest BCUT2D eigenvalue weighted by Gasteiger charge is 2.12. The van der Waals surface area contributed by atoms with Gasteiger partial charge in [0.2, 0.25) is 11.1 Å². The zero-order chi connectivity index (χ0) is 17.6. The Kier molecular flexibility index (Phi) is 5.35. The van der Waals surface area contributed by atoms with Gasteiger partial charge in [-0.3, -0.25) is 9.89 Å². The molecule has 0 spiro atoms. The van der Waals surface area contributed by atoms with E-state index in [-0.39, 0.29) is 11.7 Å². The van der Waals surface area contributed by atoms with E-state index in [1.54, 1.807) is 7.11 Å². The summed E-state index contributed by atoms with van der Waals surface area (Å²) in [6, 6.07) is 15.2. The van der Waals surface area contributed by atoms with E-state index in [0.29, 0.717) is 16.7 Å². The van der Waals surface area contributed by atoms with Crippen LogP contribution < -0.4 is 10.1 Å². The van der Waals surface area contributed by atoms with Gasteiger partial charge in [-0.05, 0) is 31.2 Å². The summed E-state index contributed by atoms with van der Waals surface area (Å²) in [4.78, 5) is 16.4. The number of rotatable bonds is 6. The molecule has 1 amide bonds. The van der Waals surface area contributed by atoms with E-state index >= 15 is 0 Å². The number of aryl methyl sites for hydroxylation is 1. The number of carbonyl (C=O) groups is 1. The Labute approximate surface area is 150 Å². The number of hydrogen-bond acceptors (Lipinski definition) is 5. The van der Waals surface area contributed by atoms with Crippen molar-refractivity contribution in [2.75, 3.05) is 18.2 Å². The van der Waals surface area contributed by atoms with Crippen LogP contribution in [-0.4, -0.2) is 34.0 Å². The maximum Gasteiger partial charge on any atom is 0.234 e. The summed E-state index contributed by atoms with van der Waals surface area (Å²) in [6.07, 6.45) is 0. The molecule has 3 rings (SSSR count). The lowest BCUT2D eigenvalue weighted by molar-refractivity contribution is -0.113. The molecule has 0 saturated carbocycles. The van der Waals surface area contributed by atoms with Crippen molar-refractivity contribution in [3.63, 3.8) is 0 Å². The van der Waals surface area contributed by atoms with E-state index in [0.717, 1.165) is 16.8 Å². The van der Waals surface area contributed by atoms with Crippen molar-refractivity contribution in [1.82, 2.24) is 15.2 Å². The van der Waals surface area contributed by atoms with Crippen LogP contribution >= 0.6 is 11.8 Å². The number of H-pyrrole nitrogens is 1. The van der Waals surface area contributed by atoms with Crippen molar-refractivity contribution < 1.29 is 9.53 Å². The van der Waals surface area contributed by atoms with Crippen LogP contribution in [0.5, 0.6) is 5.75 Å². The van der Waals surface area contributed by atoms with E-state index in [4.69, 9.17) is 4.74 Å². The molecule has 0 aliphatic carbocycles. The Bertz CT molecular complexity index is 862. The first-order chi connectivity index (χ1) is 12.2. The van der Waals surface area contributed by atoms with E-state index in [1.165, 1.54) is 11.8 Å². The Morgan fingerprint density at radius 1 is 1.20 bits per heavy atom. The summed E-state index contributed by atoms with van der Waals surface area (Å²) >= 11 is 1.27. The molecule has 0 aliphatic rings. The van der Waals surface area contributed by atoms with Crippen molar-refractivity contribution in [3.05, 3.63) is 54.1 Å². The molecule has 1 aromatic heterocycles. The quantitative estimate of drug-likeness (QED) is 0.662. The molecule has 0 unspecified atom stereocenters. The fourth-order valence-electron chi connectivity index (χ4n) is 2.24. The summed E-state index contributed by atoms with van der Waals surface area (Å²) in [6.45, 7) is 2.00. The lowest BCUT2D eigenvalue weighted by atomic mass is 10.2. The van der Waals surface area contributed by atoms with Crippen molar-refractivity contribution in [2.45, 2.75) is 12.1 Å². The number of aromatic amines is 1. The number of anilines is 1. The Hall–Kier alpha value is -2.80. The highest BCUT2D eigenvalue weighted by Crippen LogP contribution is 2.27. The van der Waals surface area contributed by atoms with E-state index in [9.17, 15) is 4.79 Å². The highest BCUT2D eigenvalue weighted by atomic mass is 32.2. The largest absolute Gasteiger partial charge is 0.496 e. The fraction of sp³-hybridized carbons (Fsp3) is 0.167. The molecule has 6 nitrogen and oxygen atoms in total. The minimum absolute atomic E-state index is 0.0995. The Balaban J connectivity index is 1.60. The third kappa shape index (κ3) is 4.39. The molecule has 3 aromatic rings. The van der Waals surface area contributed by atoms with Gasteiger partial charge >= 0.3 is 0 Å². The Morgan fingerprint density at radius 2 is 1.96 bits per heavy atom. The second-order valence-electron chi connectivity index (χ2n) is 5.37. The third-order valence-electron chi connectivity index (χ3n) is 3.49. The van der Waals surface area contributed by atoms with Gasteiger partial charge in [0.05, 0.1) is 18.4 Å². The van der Waals surface area contributed by atoms with Crippen LogP contribution in [0.15, 0.2) is 53.7 Å². The zero-order valence-corrected chi connectivity index (χ0v) is 14.8. The molecular weight excluding hydrogens is 336 g/mol. The molecule has 1 heterocycles. The van der Waals surface area contributed by atoms with Crippen LogP contribution in [0.4, 0.5) is 5.69 Å². The fourth-order valence-corrected chi connectivity index (χ4v) is 2.83. The lowest BCUT2D eigenvalue weighted by Gasteiger charge is -2.04. The molecule has 0 atom stereocenters. The minimum atomic E-state index is -0.0995. The zero-order valence-electron chi connectivity index (χ0n) is 13.9. The van der Waals surface area contributed by atoms with Gasteiger partial charge in [0, 0.05) is 5.69 Å². The first-order valence-corrected chi connectivity index (χ1v) is 8.69. The lowest BCUT2D eigenvalue weighted by Crippen LogP contribution is -2.14. The summed E-state index contributed by atoms with van der Waals surface area (Å²) < 4.78 is 5.32. The van der Waals surface area contributed by atoms with Gasteiger partial charge in [-0.2, -0.15) is 0 Å². The number of nitrogens with one attached hydrogen (secondary N) is 2. The van der Waals surface area contributed by atoms with Gasteiger partial charge in [-0.15, -0.1) is 5.10 Å². The first kappa shape index (κ1) is 17.0. The van der Waals surface area contributed by atoms with Gasteiger partial charge in [0.15, 0.2) is 5.82 Å². The van der Waals surface area contributed by atoms with Crippen LogP contribution in [0.1, 0.15) is 5.56 Å².